The molecular weight excluding hydrogens is 735 g/mol. The minimum absolute atomic E-state index is 0.00831. The summed E-state index contributed by atoms with van der Waals surface area (Å²) in [6.07, 6.45) is 7.61. The van der Waals surface area contributed by atoms with Crippen LogP contribution in [-0.2, 0) is 23.9 Å². The summed E-state index contributed by atoms with van der Waals surface area (Å²) in [5.41, 5.74) is -0.298. The van der Waals surface area contributed by atoms with Crippen LogP contribution in [0.5, 0.6) is 0 Å². The highest BCUT2D eigenvalue weighted by atomic mass is 16.5. The van der Waals surface area contributed by atoms with Crippen molar-refractivity contribution in [1.29, 1.82) is 0 Å². The highest BCUT2D eigenvalue weighted by Gasteiger charge is 2.71. The number of hydrogen-bond donors (Lipinski definition) is 3. The normalized spacial score (nSPS) is 38.8. The van der Waals surface area contributed by atoms with Crippen LogP contribution in [0.4, 0.5) is 0 Å². The molecule has 1 heterocycles. The predicted molar refractivity (Wildman–Crippen MR) is 218 cm³/mol. The summed E-state index contributed by atoms with van der Waals surface area (Å²) in [4.78, 5) is 67.4. The zero-order valence-corrected chi connectivity index (χ0v) is 37.4. The van der Waals surface area contributed by atoms with Crippen molar-refractivity contribution in [3.05, 3.63) is 28.2 Å². The quantitative estimate of drug-likeness (QED) is 0.219. The number of nitrogens with zero attached hydrogens (tertiary/aromatic N) is 1. The lowest BCUT2D eigenvalue weighted by Crippen LogP contribution is -2.68. The Kier molecular flexibility index (Phi) is 9.92. The molecule has 10 atom stereocenters. The minimum Gasteiger partial charge on any atom is -0.481 e. The second-order valence-electron chi connectivity index (χ2n) is 22.3. The van der Waals surface area contributed by atoms with Gasteiger partial charge >= 0.3 is 11.9 Å². The number of aliphatic carboxylic acids is 1. The number of nitrogens with one attached hydrogen (secondary N) is 2. The standard InChI is InChI=1S/C47H69N3O8/c1-24(2)34-30(51)23-47(49-40(56)43(9,10)48-37(52)35-25(3)50-58-26(35)4)21-20-45(12)27(36(34)47)14-15-32-44(11)18-17-33(42(7,8)31(44)16-19-46(32,45)13)57-39(55)29-22-28(38(53)54)41(29,5)6/h24,27-29,31-33H,14-23H2,1-13H3,(H,48,52)(H,49,56)(H,53,54)/t27-,28+,29-,31+,32-,33+,44+,45-,46-,47-/m1/s1. The van der Waals surface area contributed by atoms with Crippen molar-refractivity contribution in [2.24, 2.45) is 62.6 Å². The van der Waals surface area contributed by atoms with Crippen LogP contribution in [0.15, 0.2) is 15.7 Å². The molecule has 58 heavy (non-hydrogen) atoms. The maximum atomic E-state index is 14.4. The largest absolute Gasteiger partial charge is 0.481 e. The molecule has 3 N–H and O–H groups in total. The van der Waals surface area contributed by atoms with Gasteiger partial charge in [-0.25, -0.2) is 0 Å². The van der Waals surface area contributed by atoms with Crippen LogP contribution in [0.25, 0.3) is 0 Å². The summed E-state index contributed by atoms with van der Waals surface area (Å²) in [6.45, 7) is 26.8. The van der Waals surface area contributed by atoms with Crippen molar-refractivity contribution in [3.63, 3.8) is 0 Å². The van der Waals surface area contributed by atoms with Crippen LogP contribution < -0.4 is 10.6 Å². The molecule has 0 unspecified atom stereocenters. The molecule has 0 aromatic carbocycles. The molecule has 0 saturated heterocycles. The number of amides is 2. The Morgan fingerprint density at radius 3 is 2.12 bits per heavy atom. The molecule has 11 nitrogen and oxygen atoms in total. The Labute approximate surface area is 345 Å². The number of Topliss-reactive ketones (excluding diaryl/α,β-unsaturated/α-hetero) is 1. The van der Waals surface area contributed by atoms with E-state index in [-0.39, 0.29) is 63.7 Å². The van der Waals surface area contributed by atoms with E-state index in [4.69, 9.17) is 9.26 Å². The number of esters is 1. The number of carboxylic acid groups (broad SMARTS) is 1. The minimum atomic E-state index is -1.27. The van der Waals surface area contributed by atoms with Gasteiger partial charge in [0.15, 0.2) is 5.78 Å². The van der Waals surface area contributed by atoms with Crippen LogP contribution >= 0.6 is 0 Å². The molecule has 1 aromatic rings. The third-order valence-corrected chi connectivity index (χ3v) is 18.1. The monoisotopic (exact) mass is 804 g/mol. The summed E-state index contributed by atoms with van der Waals surface area (Å²) in [5, 5.41) is 20.0. The van der Waals surface area contributed by atoms with Gasteiger partial charge in [-0.05, 0) is 142 Å². The molecule has 0 aliphatic heterocycles. The van der Waals surface area contributed by atoms with Gasteiger partial charge in [0, 0.05) is 11.8 Å². The van der Waals surface area contributed by atoms with E-state index in [2.05, 4.69) is 64.3 Å². The van der Waals surface area contributed by atoms with Crippen LogP contribution in [0.1, 0.15) is 162 Å². The van der Waals surface area contributed by atoms with Crippen LogP contribution in [-0.4, -0.2) is 57.0 Å². The number of fused-ring (bicyclic) bond motifs is 7. The number of aryl methyl sites for hydroxylation is 2. The number of aromatic nitrogens is 1. The number of hydrogen-bond acceptors (Lipinski definition) is 8. The summed E-state index contributed by atoms with van der Waals surface area (Å²) in [5.74, 6) is -1.36. The molecule has 7 rings (SSSR count). The molecular formula is C47H69N3O8. The first kappa shape index (κ1) is 42.6. The molecule has 0 radical (unpaired) electrons. The van der Waals surface area contributed by atoms with Crippen LogP contribution in [0.2, 0.25) is 0 Å². The van der Waals surface area contributed by atoms with Crippen molar-refractivity contribution in [2.75, 3.05) is 0 Å². The maximum absolute atomic E-state index is 14.4. The van der Waals surface area contributed by atoms with Gasteiger partial charge in [-0.1, -0.05) is 67.5 Å². The number of ether oxygens (including phenoxy) is 1. The summed E-state index contributed by atoms with van der Waals surface area (Å²) < 4.78 is 11.6. The lowest BCUT2D eigenvalue weighted by atomic mass is 9.33. The van der Waals surface area contributed by atoms with Crippen LogP contribution in [0.3, 0.4) is 0 Å². The van der Waals surface area contributed by atoms with E-state index in [0.717, 1.165) is 56.1 Å². The number of carbonyl (C=O) groups excluding carboxylic acids is 4. The van der Waals surface area contributed by atoms with Gasteiger partial charge in [0.05, 0.1) is 23.1 Å². The van der Waals surface area contributed by atoms with E-state index in [1.165, 1.54) is 0 Å². The van der Waals surface area contributed by atoms with E-state index in [1.807, 2.05) is 13.8 Å². The zero-order valence-electron chi connectivity index (χ0n) is 37.4. The van der Waals surface area contributed by atoms with Crippen molar-refractivity contribution in [3.8, 4) is 0 Å². The second-order valence-corrected chi connectivity index (χ2v) is 22.3. The molecule has 0 bridgehead atoms. The zero-order chi connectivity index (χ0) is 42.9. The van der Waals surface area contributed by atoms with E-state index in [9.17, 15) is 29.1 Å². The second kappa shape index (κ2) is 13.5. The average molecular weight is 804 g/mol. The van der Waals surface area contributed by atoms with Gasteiger partial charge in [0.2, 0.25) is 5.91 Å². The molecule has 6 aliphatic rings. The lowest BCUT2D eigenvalue weighted by molar-refractivity contribution is -0.235. The van der Waals surface area contributed by atoms with E-state index < -0.39 is 40.2 Å². The molecule has 5 saturated carbocycles. The molecule has 2 amide bonds. The summed E-state index contributed by atoms with van der Waals surface area (Å²) >= 11 is 0. The number of ketones is 1. The Balaban J connectivity index is 1.14. The van der Waals surface area contributed by atoms with E-state index in [0.29, 0.717) is 41.7 Å². The summed E-state index contributed by atoms with van der Waals surface area (Å²) in [7, 11) is 0. The van der Waals surface area contributed by atoms with Crippen molar-refractivity contribution < 1.29 is 38.3 Å². The van der Waals surface area contributed by atoms with Gasteiger partial charge < -0.3 is 25.0 Å². The number of carbonyl (C=O) groups is 5. The fourth-order valence-corrected chi connectivity index (χ4v) is 14.5. The SMILES string of the molecule is Cc1noc(C)c1C(=O)NC(C)(C)C(=O)N[C@@]12CC[C@]3(C)[C@H](CC[C@@H]4[C@@]5(C)CC[C@H](OC(=O)[C@H]6C[C@@H](C(=O)O)C6(C)C)C(C)(C)[C@@H]5CC[C@]43C)C1=C(C(C)C)C(=O)C2. The molecule has 1 aromatic heterocycles. The molecule has 320 valence electrons. The Bertz CT molecular complexity index is 1950. The maximum Gasteiger partial charge on any atom is 0.309 e. The highest BCUT2D eigenvalue weighted by Crippen LogP contribution is 2.76. The van der Waals surface area contributed by atoms with Crippen molar-refractivity contribution in [1.82, 2.24) is 15.8 Å². The first-order chi connectivity index (χ1) is 26.7. The Hall–Kier alpha value is -3.50. The molecule has 11 heteroatoms. The van der Waals surface area contributed by atoms with E-state index >= 15 is 0 Å². The number of rotatable bonds is 8. The Morgan fingerprint density at radius 1 is 0.862 bits per heavy atom. The number of carboxylic acids is 1. The predicted octanol–water partition coefficient (Wildman–Crippen LogP) is 8.31. The molecule has 6 aliphatic carbocycles. The van der Waals surface area contributed by atoms with Gasteiger partial charge in [-0.15, -0.1) is 0 Å². The van der Waals surface area contributed by atoms with Crippen molar-refractivity contribution in [2.45, 2.75) is 171 Å². The smallest absolute Gasteiger partial charge is 0.309 e. The molecule has 5 fully saturated rings. The van der Waals surface area contributed by atoms with Gasteiger partial charge in [-0.3, -0.25) is 24.0 Å². The highest BCUT2D eigenvalue weighted by molar-refractivity contribution is 6.04. The van der Waals surface area contributed by atoms with E-state index in [1.54, 1.807) is 27.7 Å². The fraction of sp³-hybridized carbons (Fsp3) is 0.787. The van der Waals surface area contributed by atoms with Crippen LogP contribution in [0, 0.1) is 76.4 Å². The van der Waals surface area contributed by atoms with Crippen molar-refractivity contribution >= 4 is 29.5 Å². The van der Waals surface area contributed by atoms with Gasteiger partial charge in [-0.2, -0.15) is 0 Å². The lowest BCUT2D eigenvalue weighted by Gasteiger charge is -2.72. The van der Waals surface area contributed by atoms with Gasteiger partial charge in [0.25, 0.3) is 5.91 Å². The first-order valence-corrected chi connectivity index (χ1v) is 22.0. The number of allylic oxidation sites excluding steroid dienone is 1. The topological polar surface area (TPSA) is 165 Å². The third kappa shape index (κ3) is 5.91. The summed E-state index contributed by atoms with van der Waals surface area (Å²) in [6, 6.07) is 0. The fourth-order valence-electron chi connectivity index (χ4n) is 14.5. The third-order valence-electron chi connectivity index (χ3n) is 18.1. The average Bonchev–Trinajstić information content (AvgIpc) is 3.59. The Morgan fingerprint density at radius 2 is 1.53 bits per heavy atom. The first-order valence-electron chi connectivity index (χ1n) is 22.0. The molecule has 0 spiro atoms. The van der Waals surface area contributed by atoms with Gasteiger partial charge in [0.1, 0.15) is 23.0 Å².